The lowest BCUT2D eigenvalue weighted by Crippen LogP contribution is -2.35. The van der Waals surface area contributed by atoms with Crippen molar-refractivity contribution in [1.29, 1.82) is 0 Å². The summed E-state index contributed by atoms with van der Waals surface area (Å²) in [5.74, 6) is -0.122. The first kappa shape index (κ1) is 19.0. The fourth-order valence-electron chi connectivity index (χ4n) is 2.78. The molecule has 0 saturated carbocycles. The largest absolute Gasteiger partial charge is 0.392 e. The molecule has 6 nitrogen and oxygen atoms in total. The van der Waals surface area contributed by atoms with Gasteiger partial charge in [-0.2, -0.15) is 0 Å². The number of carbonyl (C=O) groups excluding carboxylic acids is 1. The van der Waals surface area contributed by atoms with Gasteiger partial charge in [-0.25, -0.2) is 4.98 Å². The number of benzene rings is 1. The van der Waals surface area contributed by atoms with E-state index < -0.39 is 6.10 Å². The standard InChI is InChI=1S/C19H25N3O3S/c1-14(23)11-20-18(24)10-17-13-26-19(21-17)16-4-2-15(3-5-16)12-22-6-8-25-9-7-22/h2-5,13-14,23H,6-12H2,1H3,(H,20,24). The summed E-state index contributed by atoms with van der Waals surface area (Å²) in [6, 6.07) is 8.46. The van der Waals surface area contributed by atoms with Crippen LogP contribution in [0.5, 0.6) is 0 Å². The number of hydrogen-bond donors (Lipinski definition) is 2. The van der Waals surface area contributed by atoms with E-state index in [0.717, 1.165) is 49.1 Å². The Morgan fingerprint density at radius 1 is 1.35 bits per heavy atom. The SMILES string of the molecule is CC(O)CNC(=O)Cc1csc(-c2ccc(CN3CCOCC3)cc2)n1. The van der Waals surface area contributed by atoms with Gasteiger partial charge in [0.1, 0.15) is 5.01 Å². The molecule has 1 aromatic heterocycles. The molecule has 0 bridgehead atoms. The van der Waals surface area contributed by atoms with Crippen LogP contribution in [0.1, 0.15) is 18.2 Å². The second-order valence-corrected chi connectivity index (χ2v) is 7.42. The minimum Gasteiger partial charge on any atom is -0.392 e. The van der Waals surface area contributed by atoms with Crippen molar-refractivity contribution in [3.05, 3.63) is 40.9 Å². The van der Waals surface area contributed by atoms with Crippen molar-refractivity contribution in [3.8, 4) is 10.6 Å². The van der Waals surface area contributed by atoms with E-state index in [9.17, 15) is 9.90 Å². The van der Waals surface area contributed by atoms with Gasteiger partial charge in [0, 0.05) is 37.1 Å². The zero-order chi connectivity index (χ0) is 18.4. The molecule has 3 rings (SSSR count). The molecule has 26 heavy (non-hydrogen) atoms. The highest BCUT2D eigenvalue weighted by Crippen LogP contribution is 2.24. The van der Waals surface area contributed by atoms with E-state index in [1.54, 1.807) is 18.3 Å². The fraction of sp³-hybridized carbons (Fsp3) is 0.474. The topological polar surface area (TPSA) is 74.7 Å². The third kappa shape index (κ3) is 5.60. The van der Waals surface area contributed by atoms with Gasteiger partial charge in [0.15, 0.2) is 0 Å². The number of nitrogens with zero attached hydrogens (tertiary/aromatic N) is 2. The van der Waals surface area contributed by atoms with Crippen LogP contribution in [0.3, 0.4) is 0 Å². The van der Waals surface area contributed by atoms with Crippen molar-refractivity contribution in [2.24, 2.45) is 0 Å². The number of rotatable bonds is 7. The summed E-state index contributed by atoms with van der Waals surface area (Å²) in [4.78, 5) is 18.8. The molecule has 1 aliphatic heterocycles. The summed E-state index contributed by atoms with van der Waals surface area (Å²) >= 11 is 1.54. The molecular formula is C19H25N3O3S. The lowest BCUT2D eigenvalue weighted by atomic mass is 10.1. The summed E-state index contributed by atoms with van der Waals surface area (Å²) < 4.78 is 5.38. The molecule has 1 amide bonds. The molecule has 140 valence electrons. The number of nitrogens with one attached hydrogen (secondary N) is 1. The Morgan fingerprint density at radius 3 is 2.77 bits per heavy atom. The summed E-state index contributed by atoms with van der Waals surface area (Å²) in [6.45, 7) is 6.43. The molecule has 2 heterocycles. The van der Waals surface area contributed by atoms with Gasteiger partial charge in [-0.1, -0.05) is 24.3 Å². The number of hydrogen-bond acceptors (Lipinski definition) is 6. The van der Waals surface area contributed by atoms with E-state index in [-0.39, 0.29) is 18.9 Å². The van der Waals surface area contributed by atoms with Crippen molar-refractivity contribution in [2.45, 2.75) is 26.0 Å². The molecule has 1 aliphatic rings. The minimum absolute atomic E-state index is 0.122. The molecule has 1 atom stereocenters. The summed E-state index contributed by atoms with van der Waals surface area (Å²) in [5, 5.41) is 14.7. The molecule has 1 unspecified atom stereocenters. The maximum absolute atomic E-state index is 11.8. The van der Waals surface area contributed by atoms with E-state index in [4.69, 9.17) is 4.74 Å². The van der Waals surface area contributed by atoms with E-state index in [1.807, 2.05) is 5.38 Å². The van der Waals surface area contributed by atoms with Gasteiger partial charge >= 0.3 is 0 Å². The van der Waals surface area contributed by atoms with Crippen molar-refractivity contribution in [2.75, 3.05) is 32.8 Å². The van der Waals surface area contributed by atoms with Crippen LogP contribution in [0, 0.1) is 0 Å². The highest BCUT2D eigenvalue weighted by molar-refractivity contribution is 7.13. The Bertz CT molecular complexity index is 709. The van der Waals surface area contributed by atoms with Crippen molar-refractivity contribution in [1.82, 2.24) is 15.2 Å². The monoisotopic (exact) mass is 375 g/mol. The highest BCUT2D eigenvalue weighted by atomic mass is 32.1. The molecule has 1 saturated heterocycles. The Morgan fingerprint density at radius 2 is 2.08 bits per heavy atom. The zero-order valence-corrected chi connectivity index (χ0v) is 15.8. The number of thiazole rings is 1. The summed E-state index contributed by atoms with van der Waals surface area (Å²) in [6.07, 6.45) is -0.306. The van der Waals surface area contributed by atoms with E-state index in [1.165, 1.54) is 5.56 Å². The highest BCUT2D eigenvalue weighted by Gasteiger charge is 2.12. The van der Waals surface area contributed by atoms with Gasteiger partial charge in [-0.3, -0.25) is 9.69 Å². The number of carbonyl (C=O) groups is 1. The first-order chi connectivity index (χ1) is 12.6. The minimum atomic E-state index is -0.541. The van der Waals surface area contributed by atoms with Gasteiger partial charge in [-0.15, -0.1) is 11.3 Å². The van der Waals surface area contributed by atoms with E-state index >= 15 is 0 Å². The number of aliphatic hydroxyl groups is 1. The molecular weight excluding hydrogens is 350 g/mol. The Kier molecular flexibility index (Phi) is 6.73. The quantitative estimate of drug-likeness (QED) is 0.770. The van der Waals surface area contributed by atoms with Crippen molar-refractivity contribution < 1.29 is 14.6 Å². The second kappa shape index (κ2) is 9.23. The Balaban J connectivity index is 1.55. The van der Waals surface area contributed by atoms with Crippen LogP contribution < -0.4 is 5.32 Å². The predicted octanol–water partition coefficient (Wildman–Crippen LogP) is 1.68. The van der Waals surface area contributed by atoms with Crippen LogP contribution in [-0.4, -0.2) is 59.8 Å². The predicted molar refractivity (Wildman–Crippen MR) is 102 cm³/mol. The summed E-state index contributed by atoms with van der Waals surface area (Å²) in [7, 11) is 0. The maximum Gasteiger partial charge on any atom is 0.226 e. The molecule has 0 radical (unpaired) electrons. The van der Waals surface area contributed by atoms with Gasteiger partial charge in [0.05, 0.1) is 31.4 Å². The number of morpholine rings is 1. The lowest BCUT2D eigenvalue weighted by molar-refractivity contribution is -0.120. The number of aliphatic hydroxyl groups excluding tert-OH is 1. The lowest BCUT2D eigenvalue weighted by Gasteiger charge is -2.26. The number of amides is 1. The number of aromatic nitrogens is 1. The van der Waals surface area contributed by atoms with Crippen LogP contribution >= 0.6 is 11.3 Å². The molecule has 2 aromatic rings. The fourth-order valence-corrected chi connectivity index (χ4v) is 3.61. The van der Waals surface area contributed by atoms with Crippen LogP contribution in [-0.2, 0) is 22.5 Å². The molecule has 0 aliphatic carbocycles. The number of ether oxygens (including phenoxy) is 1. The van der Waals surface area contributed by atoms with Gasteiger partial charge in [-0.05, 0) is 12.5 Å². The van der Waals surface area contributed by atoms with Crippen LogP contribution in [0.2, 0.25) is 0 Å². The van der Waals surface area contributed by atoms with Gasteiger partial charge < -0.3 is 15.2 Å². The van der Waals surface area contributed by atoms with Crippen molar-refractivity contribution >= 4 is 17.2 Å². The average molecular weight is 375 g/mol. The van der Waals surface area contributed by atoms with E-state index in [2.05, 4.69) is 39.5 Å². The third-order valence-electron chi connectivity index (χ3n) is 4.20. The Labute approximate surface area is 157 Å². The first-order valence-electron chi connectivity index (χ1n) is 8.89. The normalized spacial score (nSPS) is 16.4. The third-order valence-corrected chi connectivity index (χ3v) is 5.14. The molecule has 1 aromatic carbocycles. The average Bonchev–Trinajstić information content (AvgIpc) is 3.10. The molecule has 7 heteroatoms. The smallest absolute Gasteiger partial charge is 0.226 e. The van der Waals surface area contributed by atoms with Crippen molar-refractivity contribution in [3.63, 3.8) is 0 Å². The van der Waals surface area contributed by atoms with Gasteiger partial charge in [0.25, 0.3) is 0 Å². The Hall–Kier alpha value is -1.80. The van der Waals surface area contributed by atoms with E-state index in [0.29, 0.717) is 0 Å². The first-order valence-corrected chi connectivity index (χ1v) is 9.76. The second-order valence-electron chi connectivity index (χ2n) is 6.56. The molecule has 0 spiro atoms. The zero-order valence-electron chi connectivity index (χ0n) is 15.0. The van der Waals surface area contributed by atoms with Crippen LogP contribution in [0.15, 0.2) is 29.6 Å². The maximum atomic E-state index is 11.8. The van der Waals surface area contributed by atoms with Crippen LogP contribution in [0.25, 0.3) is 10.6 Å². The van der Waals surface area contributed by atoms with Gasteiger partial charge in [0.2, 0.25) is 5.91 Å². The summed E-state index contributed by atoms with van der Waals surface area (Å²) in [5.41, 5.74) is 3.10. The molecule has 1 fully saturated rings. The molecule has 2 N–H and O–H groups in total. The van der Waals surface area contributed by atoms with Crippen LogP contribution in [0.4, 0.5) is 0 Å².